The van der Waals surface area contributed by atoms with E-state index in [4.69, 9.17) is 5.73 Å². The van der Waals surface area contributed by atoms with Crippen LogP contribution in [-0.4, -0.2) is 29.1 Å². The maximum Gasteiger partial charge on any atom is 0.242 e. The predicted octanol–water partition coefficient (Wildman–Crippen LogP) is 1.27. The molecule has 1 aromatic rings. The van der Waals surface area contributed by atoms with Gasteiger partial charge in [0, 0.05) is 19.3 Å². The van der Waals surface area contributed by atoms with E-state index in [1.807, 2.05) is 7.05 Å². The van der Waals surface area contributed by atoms with Gasteiger partial charge in [0.1, 0.15) is 4.90 Å². The Morgan fingerprint density at radius 3 is 2.44 bits per heavy atom. The first-order valence-corrected chi connectivity index (χ1v) is 7.30. The normalized spacial score (nSPS) is 11.8. The largest absolute Gasteiger partial charge is 0.398 e. The van der Waals surface area contributed by atoms with E-state index in [2.05, 4.69) is 23.5 Å². The van der Waals surface area contributed by atoms with E-state index in [1.54, 1.807) is 12.1 Å². The fraction of sp³-hybridized carbons (Fsp3) is 0.500. The average Bonchev–Trinajstić information content (AvgIpc) is 2.27. The standard InChI is InChI=1S/C12H21N3O2S/c1-9(2)8-15(4)10-5-6-12(11(13)7-10)18(16,17)14-3/h5-7,9,14H,8,13H2,1-4H3. The van der Waals surface area contributed by atoms with Crippen molar-refractivity contribution < 1.29 is 8.42 Å². The number of hydrogen-bond donors (Lipinski definition) is 2. The lowest BCUT2D eigenvalue weighted by atomic mass is 10.2. The van der Waals surface area contributed by atoms with Crippen molar-refractivity contribution in [3.63, 3.8) is 0 Å². The number of sulfonamides is 1. The summed E-state index contributed by atoms with van der Waals surface area (Å²) in [4.78, 5) is 2.17. The van der Waals surface area contributed by atoms with Crippen molar-refractivity contribution in [3.8, 4) is 0 Å². The third-order valence-corrected chi connectivity index (χ3v) is 4.12. The third-order valence-electron chi connectivity index (χ3n) is 2.63. The van der Waals surface area contributed by atoms with Crippen LogP contribution >= 0.6 is 0 Å². The van der Waals surface area contributed by atoms with Gasteiger partial charge in [-0.15, -0.1) is 0 Å². The SMILES string of the molecule is CNS(=O)(=O)c1ccc(N(C)CC(C)C)cc1N. The molecular weight excluding hydrogens is 250 g/mol. The second kappa shape index (κ2) is 5.58. The summed E-state index contributed by atoms with van der Waals surface area (Å²) in [5.74, 6) is 0.525. The van der Waals surface area contributed by atoms with Crippen molar-refractivity contribution >= 4 is 21.4 Å². The van der Waals surface area contributed by atoms with Crippen molar-refractivity contribution in [1.29, 1.82) is 0 Å². The van der Waals surface area contributed by atoms with Crippen molar-refractivity contribution in [2.24, 2.45) is 5.92 Å². The molecule has 0 aliphatic carbocycles. The minimum Gasteiger partial charge on any atom is -0.398 e. The zero-order chi connectivity index (χ0) is 13.9. The van der Waals surface area contributed by atoms with Gasteiger partial charge in [0.25, 0.3) is 0 Å². The topological polar surface area (TPSA) is 75.4 Å². The van der Waals surface area contributed by atoms with Crippen LogP contribution in [0.2, 0.25) is 0 Å². The summed E-state index contributed by atoms with van der Waals surface area (Å²) in [6, 6.07) is 4.99. The zero-order valence-electron chi connectivity index (χ0n) is 11.3. The minimum absolute atomic E-state index is 0.117. The molecule has 0 spiro atoms. The van der Waals surface area contributed by atoms with Crippen molar-refractivity contribution in [2.75, 3.05) is 31.3 Å². The van der Waals surface area contributed by atoms with Crippen LogP contribution in [0.4, 0.5) is 11.4 Å². The Labute approximate surface area is 109 Å². The molecule has 1 aromatic carbocycles. The zero-order valence-corrected chi connectivity index (χ0v) is 12.1. The molecule has 0 atom stereocenters. The van der Waals surface area contributed by atoms with Gasteiger partial charge in [-0.3, -0.25) is 0 Å². The lowest BCUT2D eigenvalue weighted by Crippen LogP contribution is -2.23. The van der Waals surface area contributed by atoms with Crippen LogP contribution < -0.4 is 15.4 Å². The maximum absolute atomic E-state index is 11.7. The molecule has 3 N–H and O–H groups in total. The molecule has 0 bridgehead atoms. The van der Waals surface area contributed by atoms with Crippen LogP contribution in [0.1, 0.15) is 13.8 Å². The predicted molar refractivity (Wildman–Crippen MR) is 75.2 cm³/mol. The molecule has 0 saturated carbocycles. The first kappa shape index (κ1) is 14.8. The highest BCUT2D eigenvalue weighted by Gasteiger charge is 2.16. The molecule has 102 valence electrons. The van der Waals surface area contributed by atoms with Gasteiger partial charge >= 0.3 is 0 Å². The number of nitrogens with zero attached hydrogens (tertiary/aromatic N) is 1. The molecule has 0 amide bonds. The molecule has 0 saturated heterocycles. The molecule has 0 heterocycles. The summed E-state index contributed by atoms with van der Waals surface area (Å²) in [5, 5.41) is 0. The van der Waals surface area contributed by atoms with E-state index in [0.717, 1.165) is 12.2 Å². The van der Waals surface area contributed by atoms with Gasteiger partial charge in [-0.25, -0.2) is 13.1 Å². The molecule has 0 aromatic heterocycles. The fourth-order valence-corrected chi connectivity index (χ4v) is 2.62. The van der Waals surface area contributed by atoms with Crippen LogP contribution in [0.15, 0.2) is 23.1 Å². The Balaban J connectivity index is 3.07. The Morgan fingerprint density at radius 2 is 2.00 bits per heavy atom. The number of hydrogen-bond acceptors (Lipinski definition) is 4. The number of nitrogen functional groups attached to an aromatic ring is 1. The van der Waals surface area contributed by atoms with Crippen LogP contribution in [0.3, 0.4) is 0 Å². The van der Waals surface area contributed by atoms with Crippen molar-refractivity contribution in [1.82, 2.24) is 4.72 Å². The van der Waals surface area contributed by atoms with Gasteiger partial charge < -0.3 is 10.6 Å². The van der Waals surface area contributed by atoms with E-state index in [9.17, 15) is 8.42 Å². The maximum atomic E-state index is 11.7. The quantitative estimate of drug-likeness (QED) is 0.791. The van der Waals surface area contributed by atoms with Crippen molar-refractivity contribution in [2.45, 2.75) is 18.7 Å². The van der Waals surface area contributed by atoms with E-state index in [1.165, 1.54) is 13.1 Å². The summed E-state index contributed by atoms with van der Waals surface area (Å²) >= 11 is 0. The molecule has 0 unspecified atom stereocenters. The number of benzene rings is 1. The molecule has 0 radical (unpaired) electrons. The number of anilines is 2. The van der Waals surface area contributed by atoms with E-state index in [-0.39, 0.29) is 10.6 Å². The third kappa shape index (κ3) is 3.36. The molecule has 1 rings (SSSR count). The first-order chi connectivity index (χ1) is 8.27. The molecule has 18 heavy (non-hydrogen) atoms. The van der Waals surface area contributed by atoms with Crippen molar-refractivity contribution in [3.05, 3.63) is 18.2 Å². The van der Waals surface area contributed by atoms with Gasteiger partial charge in [-0.2, -0.15) is 0 Å². The fourth-order valence-electron chi connectivity index (χ4n) is 1.78. The summed E-state index contributed by atoms with van der Waals surface area (Å²) in [5.41, 5.74) is 6.98. The van der Waals surface area contributed by atoms with Crippen LogP contribution in [-0.2, 0) is 10.0 Å². The smallest absolute Gasteiger partial charge is 0.242 e. The second-order valence-electron chi connectivity index (χ2n) is 4.70. The summed E-state index contributed by atoms with van der Waals surface area (Å²) in [6.07, 6.45) is 0. The molecule has 6 heteroatoms. The van der Waals surface area contributed by atoms with Gasteiger partial charge in [0.2, 0.25) is 10.0 Å². The Bertz CT molecular complexity index is 512. The Hall–Kier alpha value is -1.27. The first-order valence-electron chi connectivity index (χ1n) is 5.82. The monoisotopic (exact) mass is 271 g/mol. The van der Waals surface area contributed by atoms with Crippen LogP contribution in [0.5, 0.6) is 0 Å². The number of nitrogens with one attached hydrogen (secondary N) is 1. The van der Waals surface area contributed by atoms with Gasteiger partial charge in [-0.1, -0.05) is 13.8 Å². The van der Waals surface area contributed by atoms with E-state index < -0.39 is 10.0 Å². The van der Waals surface area contributed by atoms with E-state index >= 15 is 0 Å². The highest BCUT2D eigenvalue weighted by Crippen LogP contribution is 2.24. The van der Waals surface area contributed by atoms with E-state index in [0.29, 0.717) is 5.92 Å². The summed E-state index contributed by atoms with van der Waals surface area (Å²) in [7, 11) is -0.160. The van der Waals surface area contributed by atoms with Gasteiger partial charge in [0.05, 0.1) is 5.69 Å². The number of rotatable bonds is 5. The lowest BCUT2D eigenvalue weighted by molar-refractivity contribution is 0.588. The Morgan fingerprint density at radius 1 is 1.39 bits per heavy atom. The lowest BCUT2D eigenvalue weighted by Gasteiger charge is -2.22. The number of nitrogens with two attached hydrogens (primary N) is 1. The van der Waals surface area contributed by atoms with Crippen LogP contribution in [0.25, 0.3) is 0 Å². The molecule has 0 aliphatic rings. The molecule has 5 nitrogen and oxygen atoms in total. The van der Waals surface area contributed by atoms with Gasteiger partial charge in [0.15, 0.2) is 0 Å². The molecule has 0 aliphatic heterocycles. The highest BCUT2D eigenvalue weighted by atomic mass is 32.2. The minimum atomic E-state index is -3.49. The molecular formula is C12H21N3O2S. The summed E-state index contributed by atoms with van der Waals surface area (Å²) in [6.45, 7) is 5.14. The Kier molecular flexibility index (Phi) is 4.59. The highest BCUT2D eigenvalue weighted by molar-refractivity contribution is 7.89. The second-order valence-corrected chi connectivity index (χ2v) is 6.56. The van der Waals surface area contributed by atoms with Gasteiger partial charge in [-0.05, 0) is 31.2 Å². The molecule has 0 fully saturated rings. The van der Waals surface area contributed by atoms with Crippen LogP contribution in [0, 0.1) is 5.92 Å². The summed E-state index contributed by atoms with van der Waals surface area (Å²) < 4.78 is 25.6. The average molecular weight is 271 g/mol.